The van der Waals surface area contributed by atoms with E-state index in [4.69, 9.17) is 17.0 Å². The van der Waals surface area contributed by atoms with Crippen LogP contribution in [-0.4, -0.2) is 27.4 Å². The number of methoxy groups -OCH3 is 1. The average molecular weight is 388 g/mol. The quantitative estimate of drug-likeness (QED) is 0.369. The number of hydrogen-bond acceptors (Lipinski definition) is 7. The first-order chi connectivity index (χ1) is 12.4. The number of rotatable bonds is 4. The zero-order valence-corrected chi connectivity index (χ0v) is 15.0. The lowest BCUT2D eigenvalue weighted by Crippen LogP contribution is -2.27. The van der Waals surface area contributed by atoms with Crippen LogP contribution in [0.1, 0.15) is 5.56 Å². The van der Waals surface area contributed by atoms with Crippen molar-refractivity contribution in [2.45, 2.75) is 0 Å². The summed E-state index contributed by atoms with van der Waals surface area (Å²) in [5, 5.41) is 20.9. The number of benzene rings is 2. The highest BCUT2D eigenvalue weighted by Crippen LogP contribution is 2.38. The number of aromatic hydroxyl groups is 1. The molecule has 2 aromatic rings. The number of amides is 1. The molecule has 1 heterocycles. The minimum absolute atomic E-state index is 0.0731. The molecular formula is C17H12N2O5S2. The number of thioether (sulfide) groups is 1. The van der Waals surface area contributed by atoms with E-state index in [9.17, 15) is 20.0 Å². The van der Waals surface area contributed by atoms with Crippen LogP contribution in [-0.2, 0) is 4.79 Å². The summed E-state index contributed by atoms with van der Waals surface area (Å²) in [7, 11) is 1.44. The monoisotopic (exact) mass is 388 g/mol. The summed E-state index contributed by atoms with van der Waals surface area (Å²) >= 11 is 6.35. The Hall–Kier alpha value is -2.91. The Morgan fingerprint density at radius 3 is 2.58 bits per heavy atom. The zero-order valence-electron chi connectivity index (χ0n) is 13.4. The van der Waals surface area contributed by atoms with Gasteiger partial charge in [0.15, 0.2) is 15.8 Å². The predicted molar refractivity (Wildman–Crippen MR) is 103 cm³/mol. The molecule has 7 nitrogen and oxygen atoms in total. The van der Waals surface area contributed by atoms with Gasteiger partial charge in [0, 0.05) is 17.7 Å². The van der Waals surface area contributed by atoms with Crippen LogP contribution in [0, 0.1) is 10.1 Å². The highest BCUT2D eigenvalue weighted by molar-refractivity contribution is 8.27. The van der Waals surface area contributed by atoms with Crippen molar-refractivity contribution >= 4 is 51.7 Å². The molecule has 9 heteroatoms. The number of phenolic OH excluding ortho intramolecular Hbond substituents is 1. The average Bonchev–Trinajstić information content (AvgIpc) is 2.90. The minimum Gasteiger partial charge on any atom is -0.504 e. The van der Waals surface area contributed by atoms with Gasteiger partial charge in [0.25, 0.3) is 11.6 Å². The van der Waals surface area contributed by atoms with E-state index in [1.54, 1.807) is 18.2 Å². The van der Waals surface area contributed by atoms with Gasteiger partial charge in [-0.1, -0.05) is 36.1 Å². The lowest BCUT2D eigenvalue weighted by Gasteiger charge is -2.14. The van der Waals surface area contributed by atoms with Gasteiger partial charge in [-0.05, 0) is 24.3 Å². The summed E-state index contributed by atoms with van der Waals surface area (Å²) in [6, 6.07) is 10.5. The molecule has 0 aromatic heterocycles. The molecule has 3 rings (SSSR count). The van der Waals surface area contributed by atoms with Crippen LogP contribution >= 0.6 is 24.0 Å². The van der Waals surface area contributed by atoms with Gasteiger partial charge in [-0.3, -0.25) is 19.8 Å². The molecule has 1 saturated heterocycles. The van der Waals surface area contributed by atoms with Gasteiger partial charge in [0.2, 0.25) is 0 Å². The Bertz CT molecular complexity index is 941. The largest absolute Gasteiger partial charge is 0.504 e. The first kappa shape index (κ1) is 17.9. The smallest absolute Gasteiger partial charge is 0.270 e. The normalized spacial score (nSPS) is 15.6. The first-order valence-corrected chi connectivity index (χ1v) is 8.53. The number of carbonyl (C=O) groups is 1. The first-order valence-electron chi connectivity index (χ1n) is 7.30. The summed E-state index contributed by atoms with van der Waals surface area (Å²) < 4.78 is 5.36. The predicted octanol–water partition coefficient (Wildman–Crippen LogP) is 3.71. The molecule has 0 saturated carbocycles. The Balaban J connectivity index is 1.93. The number of phenols is 1. The van der Waals surface area contributed by atoms with Crippen LogP contribution in [0.3, 0.4) is 0 Å². The van der Waals surface area contributed by atoms with Crippen molar-refractivity contribution in [3.63, 3.8) is 0 Å². The van der Waals surface area contributed by atoms with Crippen LogP contribution in [0.25, 0.3) is 6.08 Å². The molecule has 1 aliphatic rings. The maximum absolute atomic E-state index is 12.7. The third-order valence-corrected chi connectivity index (χ3v) is 4.95. The molecule has 0 unspecified atom stereocenters. The number of nitro groups is 1. The van der Waals surface area contributed by atoms with Gasteiger partial charge in [0.05, 0.1) is 22.6 Å². The van der Waals surface area contributed by atoms with Gasteiger partial charge in [0.1, 0.15) is 0 Å². The summed E-state index contributed by atoms with van der Waals surface area (Å²) in [5.74, 6) is -0.142. The fourth-order valence-electron chi connectivity index (χ4n) is 2.38. The topological polar surface area (TPSA) is 92.9 Å². The lowest BCUT2D eigenvalue weighted by atomic mass is 10.1. The second-order valence-electron chi connectivity index (χ2n) is 5.19. The van der Waals surface area contributed by atoms with E-state index >= 15 is 0 Å². The SMILES string of the molecule is COc1cccc(/C=C2\SC(=S)N(c3ccc([N+](=O)[O-])cc3)C2=O)c1O. The highest BCUT2D eigenvalue weighted by Gasteiger charge is 2.33. The fraction of sp³-hybridized carbons (Fsp3) is 0.0588. The molecule has 2 aromatic carbocycles. The summed E-state index contributed by atoms with van der Waals surface area (Å²) in [6.45, 7) is 0. The molecule has 1 aliphatic heterocycles. The van der Waals surface area contributed by atoms with E-state index in [0.717, 1.165) is 11.8 Å². The Kier molecular flexibility index (Phi) is 4.92. The maximum Gasteiger partial charge on any atom is 0.270 e. The van der Waals surface area contributed by atoms with Crippen molar-refractivity contribution in [1.29, 1.82) is 0 Å². The van der Waals surface area contributed by atoms with Gasteiger partial charge in [-0.25, -0.2) is 0 Å². The lowest BCUT2D eigenvalue weighted by molar-refractivity contribution is -0.384. The van der Waals surface area contributed by atoms with Crippen molar-refractivity contribution in [2.75, 3.05) is 12.0 Å². The molecule has 132 valence electrons. The van der Waals surface area contributed by atoms with Crippen molar-refractivity contribution in [1.82, 2.24) is 0 Å². The zero-order chi connectivity index (χ0) is 18.8. The molecule has 1 fully saturated rings. The fourth-order valence-corrected chi connectivity index (χ4v) is 3.67. The number of ether oxygens (including phenoxy) is 1. The number of hydrogen-bond donors (Lipinski definition) is 1. The number of para-hydroxylation sites is 1. The molecule has 0 bridgehead atoms. The van der Waals surface area contributed by atoms with E-state index in [1.165, 1.54) is 42.4 Å². The van der Waals surface area contributed by atoms with Gasteiger partial charge >= 0.3 is 0 Å². The standard InChI is InChI=1S/C17H12N2O5S2/c1-24-13-4-2-3-10(15(13)20)9-14-16(21)18(17(25)26-14)11-5-7-12(8-6-11)19(22)23/h2-9,20H,1H3/b14-9-. The van der Waals surface area contributed by atoms with E-state index in [0.29, 0.717) is 26.2 Å². The van der Waals surface area contributed by atoms with E-state index < -0.39 is 4.92 Å². The number of anilines is 1. The maximum atomic E-state index is 12.7. The van der Waals surface area contributed by atoms with E-state index in [-0.39, 0.29) is 17.3 Å². The number of non-ortho nitro benzene ring substituents is 1. The van der Waals surface area contributed by atoms with Gasteiger partial charge < -0.3 is 9.84 Å². The number of thiocarbonyl (C=S) groups is 1. The Morgan fingerprint density at radius 1 is 1.27 bits per heavy atom. The summed E-state index contributed by atoms with van der Waals surface area (Å²) in [6.07, 6.45) is 1.53. The molecule has 1 amide bonds. The third kappa shape index (κ3) is 3.26. The molecule has 1 N–H and O–H groups in total. The summed E-state index contributed by atoms with van der Waals surface area (Å²) in [5.41, 5.74) is 0.793. The van der Waals surface area contributed by atoms with Gasteiger partial charge in [-0.2, -0.15) is 0 Å². The van der Waals surface area contributed by atoms with Crippen molar-refractivity contribution in [3.8, 4) is 11.5 Å². The molecular weight excluding hydrogens is 376 g/mol. The molecule has 26 heavy (non-hydrogen) atoms. The van der Waals surface area contributed by atoms with Crippen LogP contribution < -0.4 is 9.64 Å². The highest BCUT2D eigenvalue weighted by atomic mass is 32.2. The summed E-state index contributed by atoms with van der Waals surface area (Å²) in [4.78, 5) is 24.6. The minimum atomic E-state index is -0.514. The number of nitro benzene ring substituents is 1. The van der Waals surface area contributed by atoms with Crippen LogP contribution in [0.15, 0.2) is 47.4 Å². The molecule has 0 aliphatic carbocycles. The molecule has 0 atom stereocenters. The van der Waals surface area contributed by atoms with E-state index in [1.807, 2.05) is 0 Å². The van der Waals surface area contributed by atoms with Crippen molar-refractivity contribution < 1.29 is 19.6 Å². The van der Waals surface area contributed by atoms with Crippen LogP contribution in [0.5, 0.6) is 11.5 Å². The van der Waals surface area contributed by atoms with Crippen molar-refractivity contribution in [3.05, 3.63) is 63.0 Å². The Labute approximate surface area is 158 Å². The second kappa shape index (κ2) is 7.14. The Morgan fingerprint density at radius 2 is 1.96 bits per heavy atom. The van der Waals surface area contributed by atoms with Crippen molar-refractivity contribution in [2.24, 2.45) is 0 Å². The van der Waals surface area contributed by atoms with Gasteiger partial charge in [-0.15, -0.1) is 0 Å². The van der Waals surface area contributed by atoms with E-state index in [2.05, 4.69) is 0 Å². The van der Waals surface area contributed by atoms with Crippen LogP contribution in [0.4, 0.5) is 11.4 Å². The number of nitrogens with zero attached hydrogens (tertiary/aromatic N) is 2. The second-order valence-corrected chi connectivity index (χ2v) is 6.86. The third-order valence-electron chi connectivity index (χ3n) is 3.65. The van der Waals surface area contributed by atoms with Crippen LogP contribution in [0.2, 0.25) is 0 Å². The number of carbonyl (C=O) groups excluding carboxylic acids is 1. The molecule has 0 radical (unpaired) electrons. The molecule has 0 spiro atoms.